The smallest absolute Gasteiger partial charge is 0.295 e. The Hall–Kier alpha value is -4.34. The predicted molar refractivity (Wildman–Crippen MR) is 153 cm³/mol. The van der Waals surface area contributed by atoms with Crippen LogP contribution in [0, 0.1) is 6.92 Å². The molecular formula is C32H34N2O7. The van der Waals surface area contributed by atoms with Crippen LogP contribution in [0.25, 0.3) is 5.76 Å². The lowest BCUT2D eigenvalue weighted by atomic mass is 9.95. The number of phenolic OH excluding ortho intramolecular Hbond substituents is 1. The Morgan fingerprint density at radius 1 is 1.00 bits per heavy atom. The number of Topliss-reactive ketones (excluding diaryl/α,β-unsaturated/α-hetero) is 1. The Morgan fingerprint density at radius 3 is 2.44 bits per heavy atom. The number of aromatic hydroxyl groups is 1. The molecule has 3 aromatic carbocycles. The SMILES string of the molecule is COc1cc([C@H]2C(=C(O)c3ccc(OCc4ccccc4C)cc3)C(=O)C(=O)N2CCN2CCOCC2)ccc1O. The number of likely N-dealkylation sites (tertiary alicyclic amines) is 1. The predicted octanol–water partition coefficient (Wildman–Crippen LogP) is 4.04. The molecule has 0 aromatic heterocycles. The summed E-state index contributed by atoms with van der Waals surface area (Å²) in [4.78, 5) is 30.4. The van der Waals surface area contributed by atoms with Gasteiger partial charge >= 0.3 is 0 Å². The topological polar surface area (TPSA) is 109 Å². The van der Waals surface area contributed by atoms with Gasteiger partial charge in [-0.2, -0.15) is 0 Å². The van der Waals surface area contributed by atoms with Crippen molar-refractivity contribution >= 4 is 17.4 Å². The van der Waals surface area contributed by atoms with Gasteiger partial charge in [0.2, 0.25) is 0 Å². The minimum Gasteiger partial charge on any atom is -0.507 e. The van der Waals surface area contributed by atoms with Crippen molar-refractivity contribution < 1.29 is 34.0 Å². The lowest BCUT2D eigenvalue weighted by molar-refractivity contribution is -0.140. The molecule has 2 saturated heterocycles. The van der Waals surface area contributed by atoms with E-state index < -0.39 is 17.7 Å². The van der Waals surface area contributed by atoms with E-state index in [9.17, 15) is 19.8 Å². The van der Waals surface area contributed by atoms with Crippen LogP contribution >= 0.6 is 0 Å². The lowest BCUT2D eigenvalue weighted by Crippen LogP contribution is -2.42. The first-order chi connectivity index (χ1) is 19.9. The van der Waals surface area contributed by atoms with E-state index in [2.05, 4.69) is 4.90 Å². The number of morpholine rings is 1. The molecule has 0 radical (unpaired) electrons. The van der Waals surface area contributed by atoms with Gasteiger partial charge in [0.25, 0.3) is 11.7 Å². The van der Waals surface area contributed by atoms with Gasteiger partial charge < -0.3 is 29.3 Å². The van der Waals surface area contributed by atoms with E-state index >= 15 is 0 Å². The lowest BCUT2D eigenvalue weighted by Gasteiger charge is -2.31. The van der Waals surface area contributed by atoms with Crippen LogP contribution in [0.2, 0.25) is 0 Å². The fourth-order valence-corrected chi connectivity index (χ4v) is 5.19. The number of amides is 1. The first kappa shape index (κ1) is 28.2. The second-order valence-electron chi connectivity index (χ2n) is 10.1. The van der Waals surface area contributed by atoms with Gasteiger partial charge in [-0.3, -0.25) is 14.5 Å². The number of carbonyl (C=O) groups excluding carboxylic acids is 2. The molecular weight excluding hydrogens is 524 g/mol. The molecule has 0 spiro atoms. The van der Waals surface area contributed by atoms with Gasteiger partial charge in [-0.05, 0) is 60.0 Å². The molecule has 0 bridgehead atoms. The van der Waals surface area contributed by atoms with Gasteiger partial charge in [0.05, 0.1) is 31.9 Å². The molecule has 5 rings (SSSR count). The number of methoxy groups -OCH3 is 1. The molecule has 0 unspecified atom stereocenters. The van der Waals surface area contributed by atoms with Crippen molar-refractivity contribution in [3.05, 3.63) is 94.6 Å². The number of ketones is 1. The highest BCUT2D eigenvalue weighted by Crippen LogP contribution is 2.41. The van der Waals surface area contributed by atoms with Crippen molar-refractivity contribution in [2.75, 3.05) is 46.5 Å². The maximum Gasteiger partial charge on any atom is 0.295 e. The molecule has 2 N–H and O–H groups in total. The average molecular weight is 559 g/mol. The van der Waals surface area contributed by atoms with Crippen LogP contribution in [-0.4, -0.2) is 78.2 Å². The zero-order valence-corrected chi connectivity index (χ0v) is 23.2. The maximum absolute atomic E-state index is 13.4. The number of carbonyl (C=O) groups is 2. The van der Waals surface area contributed by atoms with Gasteiger partial charge in [0.15, 0.2) is 11.5 Å². The molecule has 2 fully saturated rings. The first-order valence-electron chi connectivity index (χ1n) is 13.6. The zero-order valence-electron chi connectivity index (χ0n) is 23.2. The van der Waals surface area contributed by atoms with Crippen LogP contribution in [0.15, 0.2) is 72.3 Å². The van der Waals surface area contributed by atoms with Crippen molar-refractivity contribution in [1.29, 1.82) is 0 Å². The number of aliphatic hydroxyl groups excluding tert-OH is 1. The van der Waals surface area contributed by atoms with Gasteiger partial charge in [0.1, 0.15) is 18.1 Å². The maximum atomic E-state index is 13.4. The van der Waals surface area contributed by atoms with Crippen LogP contribution in [0.1, 0.15) is 28.3 Å². The van der Waals surface area contributed by atoms with Crippen LogP contribution in [0.3, 0.4) is 0 Å². The quantitative estimate of drug-likeness (QED) is 0.230. The Labute approximate surface area is 239 Å². The summed E-state index contributed by atoms with van der Waals surface area (Å²) in [5, 5.41) is 21.6. The molecule has 2 heterocycles. The summed E-state index contributed by atoms with van der Waals surface area (Å²) in [5.41, 5.74) is 3.11. The standard InChI is InChI=1S/C32H34N2O7/c1-21-5-3-4-6-24(21)20-41-25-10-7-22(8-11-25)30(36)28-29(23-9-12-26(35)27(19-23)39-2)34(32(38)31(28)37)14-13-33-15-17-40-18-16-33/h3-12,19,29,35-36H,13-18,20H2,1-2H3/t29-/m0/s1. The first-order valence-corrected chi connectivity index (χ1v) is 13.6. The van der Waals surface area contributed by atoms with Gasteiger partial charge in [-0.25, -0.2) is 0 Å². The summed E-state index contributed by atoms with van der Waals surface area (Å²) in [6, 6.07) is 18.6. The molecule has 2 aliphatic heterocycles. The van der Waals surface area contributed by atoms with Crippen molar-refractivity contribution in [3.63, 3.8) is 0 Å². The molecule has 214 valence electrons. The summed E-state index contributed by atoms with van der Waals surface area (Å²) < 4.78 is 16.6. The summed E-state index contributed by atoms with van der Waals surface area (Å²) in [5.74, 6) is -0.981. The third kappa shape index (κ3) is 6.06. The summed E-state index contributed by atoms with van der Waals surface area (Å²) in [7, 11) is 1.43. The van der Waals surface area contributed by atoms with E-state index in [-0.39, 0.29) is 29.4 Å². The molecule has 3 aromatic rings. The number of rotatable bonds is 9. The Kier molecular flexibility index (Phi) is 8.56. The molecule has 0 saturated carbocycles. The van der Waals surface area contributed by atoms with E-state index in [4.69, 9.17) is 14.2 Å². The number of benzene rings is 3. The molecule has 1 amide bonds. The van der Waals surface area contributed by atoms with Gasteiger partial charge in [-0.1, -0.05) is 30.3 Å². The fraction of sp³-hybridized carbons (Fsp3) is 0.312. The molecule has 0 aliphatic carbocycles. The number of aliphatic hydroxyl groups is 1. The molecule has 2 aliphatic rings. The van der Waals surface area contributed by atoms with Crippen molar-refractivity contribution in [3.8, 4) is 17.2 Å². The average Bonchev–Trinajstić information content (AvgIpc) is 3.25. The summed E-state index contributed by atoms with van der Waals surface area (Å²) in [6.45, 7) is 5.95. The number of hydrogen-bond acceptors (Lipinski definition) is 8. The number of aryl methyl sites for hydroxylation is 1. The second-order valence-corrected chi connectivity index (χ2v) is 10.1. The summed E-state index contributed by atoms with van der Waals surface area (Å²) in [6.07, 6.45) is 0. The number of phenols is 1. The highest BCUT2D eigenvalue weighted by Gasteiger charge is 2.46. The largest absolute Gasteiger partial charge is 0.507 e. The Morgan fingerprint density at radius 2 is 1.73 bits per heavy atom. The minimum absolute atomic E-state index is 0.0155. The van der Waals surface area contributed by atoms with E-state index in [1.54, 1.807) is 36.4 Å². The second kappa shape index (κ2) is 12.4. The van der Waals surface area contributed by atoms with Crippen molar-refractivity contribution in [2.24, 2.45) is 0 Å². The molecule has 41 heavy (non-hydrogen) atoms. The van der Waals surface area contributed by atoms with Crippen molar-refractivity contribution in [2.45, 2.75) is 19.6 Å². The number of nitrogens with zero attached hydrogens (tertiary/aromatic N) is 2. The fourth-order valence-electron chi connectivity index (χ4n) is 5.19. The van der Waals surface area contributed by atoms with E-state index in [0.717, 1.165) is 24.2 Å². The van der Waals surface area contributed by atoms with Crippen LogP contribution in [0.5, 0.6) is 17.2 Å². The van der Waals surface area contributed by atoms with Crippen molar-refractivity contribution in [1.82, 2.24) is 9.80 Å². The van der Waals surface area contributed by atoms with Crippen LogP contribution < -0.4 is 9.47 Å². The van der Waals surface area contributed by atoms with Gasteiger partial charge in [-0.15, -0.1) is 0 Å². The minimum atomic E-state index is -0.859. The summed E-state index contributed by atoms with van der Waals surface area (Å²) >= 11 is 0. The third-order valence-corrected chi connectivity index (χ3v) is 7.60. The zero-order chi connectivity index (χ0) is 28.9. The van der Waals surface area contributed by atoms with E-state index in [1.165, 1.54) is 18.1 Å². The van der Waals surface area contributed by atoms with E-state index in [1.807, 2.05) is 31.2 Å². The van der Waals surface area contributed by atoms with Crippen LogP contribution in [0.4, 0.5) is 0 Å². The molecule has 9 nitrogen and oxygen atoms in total. The Bertz CT molecular complexity index is 1440. The third-order valence-electron chi connectivity index (χ3n) is 7.60. The highest BCUT2D eigenvalue weighted by atomic mass is 16.5. The monoisotopic (exact) mass is 558 g/mol. The van der Waals surface area contributed by atoms with Gasteiger partial charge in [0, 0.05) is 31.7 Å². The number of hydrogen-bond donors (Lipinski definition) is 2. The number of ether oxygens (including phenoxy) is 3. The van der Waals surface area contributed by atoms with E-state index in [0.29, 0.717) is 43.2 Å². The normalized spacial score (nSPS) is 19.0. The molecule has 9 heteroatoms. The highest BCUT2D eigenvalue weighted by molar-refractivity contribution is 6.46. The Balaban J connectivity index is 1.45. The van der Waals surface area contributed by atoms with Crippen LogP contribution in [-0.2, 0) is 20.9 Å². The molecule has 1 atom stereocenters.